The first-order chi connectivity index (χ1) is 7.97. The second kappa shape index (κ2) is 8.81. The van der Waals surface area contributed by atoms with Gasteiger partial charge in [-0.25, -0.2) is 9.59 Å². The van der Waals surface area contributed by atoms with E-state index in [2.05, 4.69) is 17.6 Å². The lowest BCUT2D eigenvalue weighted by atomic mass is 10.1. The third-order valence-electron chi connectivity index (χ3n) is 2.36. The van der Waals surface area contributed by atoms with Gasteiger partial charge in [0.15, 0.2) is 6.10 Å². The van der Waals surface area contributed by atoms with Crippen molar-refractivity contribution >= 4 is 12.0 Å². The summed E-state index contributed by atoms with van der Waals surface area (Å²) >= 11 is 0. The highest BCUT2D eigenvalue weighted by molar-refractivity contribution is 5.76. The van der Waals surface area contributed by atoms with Gasteiger partial charge in [0.1, 0.15) is 0 Å². The maximum absolute atomic E-state index is 11.3. The van der Waals surface area contributed by atoms with Gasteiger partial charge in [-0.2, -0.15) is 0 Å². The van der Waals surface area contributed by atoms with E-state index in [9.17, 15) is 9.59 Å². The molecule has 0 aliphatic carbocycles. The summed E-state index contributed by atoms with van der Waals surface area (Å²) in [5.41, 5.74) is 0. The van der Waals surface area contributed by atoms with Crippen LogP contribution >= 0.6 is 0 Å². The minimum Gasteiger partial charge on any atom is -0.479 e. The number of hydrogen-bond acceptors (Lipinski definition) is 3. The number of aliphatic hydroxyl groups is 1. The van der Waals surface area contributed by atoms with Crippen LogP contribution in [0.1, 0.15) is 39.5 Å². The van der Waals surface area contributed by atoms with Crippen LogP contribution in [0, 0.1) is 0 Å². The number of unbranched alkanes of at least 4 members (excludes halogenated alkanes) is 2. The van der Waals surface area contributed by atoms with E-state index in [0.29, 0.717) is 0 Å². The van der Waals surface area contributed by atoms with Crippen LogP contribution < -0.4 is 10.6 Å². The molecular weight excluding hydrogens is 224 g/mol. The molecule has 0 rings (SSSR count). The van der Waals surface area contributed by atoms with Gasteiger partial charge < -0.3 is 20.8 Å². The van der Waals surface area contributed by atoms with Crippen LogP contribution in [0.2, 0.25) is 0 Å². The third-order valence-corrected chi connectivity index (χ3v) is 2.36. The van der Waals surface area contributed by atoms with Crippen LogP contribution in [0.4, 0.5) is 4.79 Å². The lowest BCUT2D eigenvalue weighted by Gasteiger charge is -2.15. The Bertz CT molecular complexity index is 246. The summed E-state index contributed by atoms with van der Waals surface area (Å²) in [6.45, 7) is 3.71. The summed E-state index contributed by atoms with van der Waals surface area (Å²) in [4.78, 5) is 21.6. The molecule has 0 heterocycles. The molecule has 0 radical (unpaired) electrons. The highest BCUT2D eigenvalue weighted by atomic mass is 16.4. The quantitative estimate of drug-likeness (QED) is 0.474. The zero-order valence-electron chi connectivity index (χ0n) is 10.4. The Morgan fingerprint density at radius 3 is 2.47 bits per heavy atom. The lowest BCUT2D eigenvalue weighted by molar-refractivity contribution is -0.146. The summed E-state index contributed by atoms with van der Waals surface area (Å²) in [6.07, 6.45) is 2.64. The Hall–Kier alpha value is -1.30. The molecule has 6 nitrogen and oxygen atoms in total. The predicted octanol–water partition coefficient (Wildman–Crippen LogP) is 0.700. The number of nitrogens with one attached hydrogen (secondary N) is 2. The normalized spacial score (nSPS) is 13.8. The minimum absolute atomic E-state index is 0.0449. The molecule has 2 amide bonds. The van der Waals surface area contributed by atoms with Crippen molar-refractivity contribution in [2.24, 2.45) is 0 Å². The van der Waals surface area contributed by atoms with E-state index in [1.807, 2.05) is 6.92 Å². The molecule has 6 heteroatoms. The van der Waals surface area contributed by atoms with Crippen molar-refractivity contribution < 1.29 is 19.8 Å². The number of carboxylic acids is 1. The topological polar surface area (TPSA) is 98.7 Å². The van der Waals surface area contributed by atoms with E-state index in [0.717, 1.165) is 25.7 Å². The van der Waals surface area contributed by atoms with Gasteiger partial charge >= 0.3 is 12.0 Å². The first kappa shape index (κ1) is 15.7. The summed E-state index contributed by atoms with van der Waals surface area (Å²) in [5, 5.41) is 22.3. The molecule has 0 aromatic carbocycles. The molecule has 0 saturated heterocycles. The molecule has 4 N–H and O–H groups in total. The molecule has 0 aliphatic rings. The molecule has 1 unspecified atom stereocenters. The fraction of sp³-hybridized carbons (Fsp3) is 0.818. The zero-order chi connectivity index (χ0) is 13.3. The number of carbonyl (C=O) groups excluding carboxylic acids is 1. The Morgan fingerprint density at radius 2 is 1.94 bits per heavy atom. The van der Waals surface area contributed by atoms with E-state index in [1.165, 1.54) is 0 Å². The van der Waals surface area contributed by atoms with Gasteiger partial charge in [0.05, 0.1) is 6.54 Å². The van der Waals surface area contributed by atoms with Gasteiger partial charge in [0.2, 0.25) is 0 Å². The monoisotopic (exact) mass is 246 g/mol. The van der Waals surface area contributed by atoms with Crippen molar-refractivity contribution in [1.29, 1.82) is 0 Å². The van der Waals surface area contributed by atoms with Gasteiger partial charge in [-0.15, -0.1) is 0 Å². The Balaban J connectivity index is 3.67. The standard InChI is InChI=1S/C11H22N2O4/c1-3-4-5-6-8(2)13-11(17)12-7-9(14)10(15)16/h8-9,14H,3-7H2,1-2H3,(H,15,16)(H2,12,13,17)/t8?,9-/m0/s1. The number of carbonyl (C=O) groups is 2. The zero-order valence-corrected chi connectivity index (χ0v) is 10.4. The first-order valence-electron chi connectivity index (χ1n) is 5.92. The van der Waals surface area contributed by atoms with E-state index in [4.69, 9.17) is 10.2 Å². The second-order valence-electron chi connectivity index (χ2n) is 4.11. The third kappa shape index (κ3) is 8.50. The maximum atomic E-state index is 11.3. The largest absolute Gasteiger partial charge is 0.479 e. The number of aliphatic hydroxyl groups excluding tert-OH is 1. The summed E-state index contributed by atoms with van der Waals surface area (Å²) in [6, 6.07) is -0.405. The molecule has 0 aromatic heterocycles. The van der Waals surface area contributed by atoms with Crippen molar-refractivity contribution in [2.75, 3.05) is 6.54 Å². The van der Waals surface area contributed by atoms with Crippen LogP contribution in [0.5, 0.6) is 0 Å². The van der Waals surface area contributed by atoms with Gasteiger partial charge in [-0.1, -0.05) is 26.2 Å². The number of carboxylic acid groups (broad SMARTS) is 1. The summed E-state index contributed by atoms with van der Waals surface area (Å²) in [7, 11) is 0. The fourth-order valence-electron chi connectivity index (χ4n) is 1.32. The highest BCUT2D eigenvalue weighted by Gasteiger charge is 2.14. The summed E-state index contributed by atoms with van der Waals surface area (Å²) in [5.74, 6) is -1.35. The first-order valence-corrected chi connectivity index (χ1v) is 5.92. The van der Waals surface area contributed by atoms with Gasteiger partial charge in [0.25, 0.3) is 0 Å². The van der Waals surface area contributed by atoms with Gasteiger partial charge in [-0.05, 0) is 13.3 Å². The Kier molecular flexibility index (Phi) is 8.13. The molecule has 0 fully saturated rings. The van der Waals surface area contributed by atoms with Crippen molar-refractivity contribution in [3.05, 3.63) is 0 Å². The number of hydrogen-bond donors (Lipinski definition) is 4. The Labute approximate surface area is 101 Å². The summed E-state index contributed by atoms with van der Waals surface area (Å²) < 4.78 is 0. The molecular formula is C11H22N2O4. The number of aliphatic carboxylic acids is 1. The van der Waals surface area contributed by atoms with E-state index < -0.39 is 18.1 Å². The van der Waals surface area contributed by atoms with Crippen molar-refractivity contribution in [3.63, 3.8) is 0 Å². The number of amides is 2. The molecule has 2 atom stereocenters. The van der Waals surface area contributed by atoms with Crippen LogP contribution in [0.25, 0.3) is 0 Å². The van der Waals surface area contributed by atoms with Gasteiger partial charge in [0, 0.05) is 6.04 Å². The van der Waals surface area contributed by atoms with Crippen LogP contribution in [0.15, 0.2) is 0 Å². The van der Waals surface area contributed by atoms with Crippen molar-refractivity contribution in [3.8, 4) is 0 Å². The van der Waals surface area contributed by atoms with Gasteiger partial charge in [-0.3, -0.25) is 0 Å². The molecule has 0 bridgehead atoms. The van der Waals surface area contributed by atoms with E-state index in [-0.39, 0.29) is 12.6 Å². The predicted molar refractivity (Wildman–Crippen MR) is 63.8 cm³/mol. The average molecular weight is 246 g/mol. The molecule has 0 aliphatic heterocycles. The van der Waals surface area contributed by atoms with Crippen LogP contribution in [-0.2, 0) is 4.79 Å². The fourth-order valence-corrected chi connectivity index (χ4v) is 1.32. The Morgan fingerprint density at radius 1 is 1.29 bits per heavy atom. The van der Waals surface area contributed by atoms with Crippen molar-refractivity contribution in [2.45, 2.75) is 51.7 Å². The van der Waals surface area contributed by atoms with E-state index in [1.54, 1.807) is 0 Å². The average Bonchev–Trinajstić information content (AvgIpc) is 2.26. The smallest absolute Gasteiger partial charge is 0.334 e. The van der Waals surface area contributed by atoms with Crippen molar-refractivity contribution in [1.82, 2.24) is 10.6 Å². The highest BCUT2D eigenvalue weighted by Crippen LogP contribution is 2.02. The molecule has 100 valence electrons. The maximum Gasteiger partial charge on any atom is 0.334 e. The van der Waals surface area contributed by atoms with Crippen LogP contribution in [-0.4, -0.2) is 40.9 Å². The SMILES string of the molecule is CCCCCC(C)NC(=O)NC[C@H](O)C(=O)O. The second-order valence-corrected chi connectivity index (χ2v) is 4.11. The molecule has 0 saturated carbocycles. The van der Waals surface area contributed by atoms with E-state index >= 15 is 0 Å². The molecule has 0 spiro atoms. The van der Waals surface area contributed by atoms with Crippen LogP contribution in [0.3, 0.4) is 0 Å². The lowest BCUT2D eigenvalue weighted by Crippen LogP contribution is -2.45. The number of rotatable bonds is 8. The molecule has 0 aromatic rings. The minimum atomic E-state index is -1.56. The number of urea groups is 1. The molecule has 17 heavy (non-hydrogen) atoms.